The molecule has 96 valence electrons. The Kier molecular flexibility index (Phi) is 4.50. The molecule has 0 fully saturated rings. The zero-order valence-corrected chi connectivity index (χ0v) is 10.5. The topological polar surface area (TPSA) is 83.8 Å². The minimum absolute atomic E-state index is 0.101. The highest BCUT2D eigenvalue weighted by Crippen LogP contribution is 2.21. The fourth-order valence-electron chi connectivity index (χ4n) is 1.16. The fourth-order valence-corrected chi connectivity index (χ4v) is 1.66. The summed E-state index contributed by atoms with van der Waals surface area (Å²) in [5.74, 6) is 0.975. The lowest BCUT2D eigenvalue weighted by Crippen LogP contribution is -2.11. The van der Waals surface area contributed by atoms with Gasteiger partial charge in [-0.3, -0.25) is 4.55 Å². The van der Waals surface area contributed by atoms with Crippen molar-refractivity contribution in [2.24, 2.45) is 5.92 Å². The van der Waals surface area contributed by atoms with Gasteiger partial charge in [-0.2, -0.15) is 8.42 Å². The molecular weight excluding hydrogens is 244 g/mol. The first-order valence-corrected chi connectivity index (χ1v) is 6.68. The SMILES string of the molecule is CC(C)COc1ccc(C(O)S(=O)(=O)O)cc1. The second-order valence-electron chi connectivity index (χ2n) is 4.14. The Morgan fingerprint density at radius 1 is 1.24 bits per heavy atom. The first kappa shape index (κ1) is 14.0. The molecule has 2 N–H and O–H groups in total. The van der Waals surface area contributed by atoms with Crippen LogP contribution in [0.2, 0.25) is 0 Å². The van der Waals surface area contributed by atoms with Gasteiger partial charge >= 0.3 is 0 Å². The van der Waals surface area contributed by atoms with E-state index in [1.807, 2.05) is 13.8 Å². The molecule has 0 aliphatic heterocycles. The molecule has 1 rings (SSSR count). The van der Waals surface area contributed by atoms with E-state index < -0.39 is 15.6 Å². The smallest absolute Gasteiger partial charge is 0.296 e. The molecule has 0 aliphatic carbocycles. The van der Waals surface area contributed by atoms with Crippen LogP contribution in [0.25, 0.3) is 0 Å². The van der Waals surface area contributed by atoms with Gasteiger partial charge in [0, 0.05) is 0 Å². The average Bonchev–Trinajstić information content (AvgIpc) is 2.25. The van der Waals surface area contributed by atoms with Crippen LogP contribution in [0.5, 0.6) is 5.75 Å². The van der Waals surface area contributed by atoms with Crippen LogP contribution in [-0.4, -0.2) is 24.7 Å². The van der Waals surface area contributed by atoms with Crippen molar-refractivity contribution in [3.8, 4) is 5.75 Å². The molecule has 0 heterocycles. The summed E-state index contributed by atoms with van der Waals surface area (Å²) in [6, 6.07) is 5.89. The van der Waals surface area contributed by atoms with Gasteiger partial charge in [0.05, 0.1) is 6.61 Å². The molecule has 5 nitrogen and oxygen atoms in total. The van der Waals surface area contributed by atoms with Gasteiger partial charge in [0.1, 0.15) is 5.75 Å². The van der Waals surface area contributed by atoms with E-state index in [2.05, 4.69) is 0 Å². The Labute approximate surface area is 101 Å². The van der Waals surface area contributed by atoms with Crippen molar-refractivity contribution < 1.29 is 22.8 Å². The van der Waals surface area contributed by atoms with Crippen LogP contribution in [-0.2, 0) is 10.1 Å². The Morgan fingerprint density at radius 2 is 1.76 bits per heavy atom. The van der Waals surface area contributed by atoms with E-state index in [4.69, 9.17) is 9.29 Å². The van der Waals surface area contributed by atoms with Gasteiger partial charge in [-0.1, -0.05) is 26.0 Å². The van der Waals surface area contributed by atoms with E-state index in [-0.39, 0.29) is 5.56 Å². The molecule has 0 amide bonds. The number of rotatable bonds is 5. The predicted octanol–water partition coefficient (Wildman–Crippen LogP) is 1.60. The molecule has 1 aromatic rings. The van der Waals surface area contributed by atoms with Crippen molar-refractivity contribution in [1.29, 1.82) is 0 Å². The highest BCUT2D eigenvalue weighted by molar-refractivity contribution is 7.85. The summed E-state index contributed by atoms with van der Waals surface area (Å²) in [5, 5.41) is 9.29. The molecule has 0 spiro atoms. The highest BCUT2D eigenvalue weighted by atomic mass is 32.2. The summed E-state index contributed by atoms with van der Waals surface area (Å²) >= 11 is 0. The lowest BCUT2D eigenvalue weighted by atomic mass is 10.2. The first-order chi connectivity index (χ1) is 7.80. The molecule has 1 aromatic carbocycles. The lowest BCUT2D eigenvalue weighted by molar-refractivity contribution is 0.238. The van der Waals surface area contributed by atoms with E-state index in [1.54, 1.807) is 12.1 Å². The number of aliphatic hydroxyl groups is 1. The number of aliphatic hydroxyl groups excluding tert-OH is 1. The monoisotopic (exact) mass is 260 g/mol. The van der Waals surface area contributed by atoms with Crippen molar-refractivity contribution in [1.82, 2.24) is 0 Å². The molecule has 0 saturated heterocycles. The van der Waals surface area contributed by atoms with Gasteiger partial charge in [0.2, 0.25) is 5.44 Å². The Morgan fingerprint density at radius 3 is 2.18 bits per heavy atom. The van der Waals surface area contributed by atoms with E-state index in [0.29, 0.717) is 18.3 Å². The van der Waals surface area contributed by atoms with E-state index in [1.165, 1.54) is 12.1 Å². The second kappa shape index (κ2) is 5.48. The molecule has 0 aliphatic rings. The standard InChI is InChI=1S/C11H16O5S/c1-8(2)7-16-10-5-3-9(4-6-10)11(12)17(13,14)15/h3-6,8,11-12H,7H2,1-2H3,(H,13,14,15). The van der Waals surface area contributed by atoms with Crippen LogP contribution in [0.15, 0.2) is 24.3 Å². The van der Waals surface area contributed by atoms with Crippen LogP contribution >= 0.6 is 0 Å². The van der Waals surface area contributed by atoms with Crippen LogP contribution in [0, 0.1) is 5.92 Å². The number of ether oxygens (including phenoxy) is 1. The summed E-state index contributed by atoms with van der Waals surface area (Å²) < 4.78 is 35.5. The van der Waals surface area contributed by atoms with E-state index in [0.717, 1.165) is 0 Å². The molecule has 1 atom stereocenters. The highest BCUT2D eigenvalue weighted by Gasteiger charge is 2.21. The van der Waals surface area contributed by atoms with Crippen molar-refractivity contribution in [3.63, 3.8) is 0 Å². The molecule has 0 aromatic heterocycles. The van der Waals surface area contributed by atoms with E-state index >= 15 is 0 Å². The lowest BCUT2D eigenvalue weighted by Gasteiger charge is -2.10. The summed E-state index contributed by atoms with van der Waals surface area (Å²) in [7, 11) is -4.48. The van der Waals surface area contributed by atoms with Crippen LogP contribution < -0.4 is 4.74 Å². The fraction of sp³-hybridized carbons (Fsp3) is 0.455. The average molecular weight is 260 g/mol. The Bertz CT molecular complexity index is 449. The maximum absolute atomic E-state index is 10.7. The van der Waals surface area contributed by atoms with Gasteiger partial charge in [0.15, 0.2) is 0 Å². The first-order valence-electron chi connectivity index (χ1n) is 5.18. The molecule has 0 radical (unpaired) electrons. The quantitative estimate of drug-likeness (QED) is 0.786. The molecule has 17 heavy (non-hydrogen) atoms. The maximum Gasteiger partial charge on any atom is 0.296 e. The number of hydrogen-bond acceptors (Lipinski definition) is 4. The Hall–Kier alpha value is -1.11. The van der Waals surface area contributed by atoms with Gasteiger partial charge < -0.3 is 9.84 Å². The summed E-state index contributed by atoms with van der Waals surface area (Å²) in [6.45, 7) is 4.58. The van der Waals surface area contributed by atoms with Crippen molar-refractivity contribution in [2.45, 2.75) is 19.3 Å². The van der Waals surface area contributed by atoms with Crippen LogP contribution in [0.1, 0.15) is 24.8 Å². The molecule has 0 saturated carbocycles. The van der Waals surface area contributed by atoms with Gasteiger partial charge in [-0.25, -0.2) is 0 Å². The largest absolute Gasteiger partial charge is 0.493 e. The van der Waals surface area contributed by atoms with Crippen LogP contribution in [0.3, 0.4) is 0 Å². The molecule has 1 unspecified atom stereocenters. The van der Waals surface area contributed by atoms with E-state index in [9.17, 15) is 13.5 Å². The zero-order valence-electron chi connectivity index (χ0n) is 9.70. The maximum atomic E-state index is 10.7. The number of hydrogen-bond donors (Lipinski definition) is 2. The summed E-state index contributed by atoms with van der Waals surface area (Å²) in [4.78, 5) is 0. The van der Waals surface area contributed by atoms with Gasteiger partial charge in [-0.15, -0.1) is 0 Å². The minimum Gasteiger partial charge on any atom is -0.493 e. The third-order valence-corrected chi connectivity index (χ3v) is 2.87. The second-order valence-corrected chi connectivity index (χ2v) is 5.62. The van der Waals surface area contributed by atoms with Gasteiger partial charge in [0.25, 0.3) is 10.1 Å². The normalized spacial score (nSPS) is 13.7. The molecule has 6 heteroatoms. The third-order valence-electron chi connectivity index (χ3n) is 2.03. The Balaban J connectivity index is 2.75. The van der Waals surface area contributed by atoms with Crippen molar-refractivity contribution >= 4 is 10.1 Å². The van der Waals surface area contributed by atoms with Crippen LogP contribution in [0.4, 0.5) is 0 Å². The van der Waals surface area contributed by atoms with Gasteiger partial charge in [-0.05, 0) is 23.6 Å². The summed E-state index contributed by atoms with van der Waals surface area (Å²) in [5.41, 5.74) is -1.81. The molecular formula is C11H16O5S. The zero-order chi connectivity index (χ0) is 13.1. The predicted molar refractivity (Wildman–Crippen MR) is 63.3 cm³/mol. The van der Waals surface area contributed by atoms with Crippen molar-refractivity contribution in [3.05, 3.63) is 29.8 Å². The molecule has 0 bridgehead atoms. The number of benzene rings is 1. The minimum atomic E-state index is -4.48. The third kappa shape index (κ3) is 4.33. The van der Waals surface area contributed by atoms with Crippen molar-refractivity contribution in [2.75, 3.05) is 6.61 Å². The summed E-state index contributed by atoms with van der Waals surface area (Å²) in [6.07, 6.45) is 0.